The third kappa shape index (κ3) is 4.07. The Morgan fingerprint density at radius 2 is 1.71 bits per heavy atom. The predicted octanol–water partition coefficient (Wildman–Crippen LogP) is 6.17. The van der Waals surface area contributed by atoms with Crippen LogP contribution in [0.25, 0.3) is 11.3 Å². The van der Waals surface area contributed by atoms with Crippen molar-refractivity contribution in [1.82, 2.24) is 15.2 Å². The van der Waals surface area contributed by atoms with Crippen LogP contribution in [0.4, 0.5) is 0 Å². The van der Waals surface area contributed by atoms with Crippen molar-refractivity contribution in [2.45, 2.75) is 18.6 Å². The number of benzene rings is 2. The van der Waals surface area contributed by atoms with Crippen LogP contribution in [0.3, 0.4) is 0 Å². The standard InChI is InChI=1S/C25H20ClN3OS/c26-19-11-9-18(10-12-19)21-13-14-22(30-21)24-23(20-8-4-5-15-27-20)28-25(31)29(24)16-17-6-2-1-3-7-17/h1-15,23-24H,16H2,(H,28,31)/t23-,24-/m0/s1. The smallest absolute Gasteiger partial charge is 0.170 e. The maximum absolute atomic E-state index is 6.35. The largest absolute Gasteiger partial charge is 0.459 e. The van der Waals surface area contributed by atoms with E-state index < -0.39 is 0 Å². The number of thiocarbonyl (C=S) groups is 1. The summed E-state index contributed by atoms with van der Waals surface area (Å²) in [7, 11) is 0. The highest BCUT2D eigenvalue weighted by Gasteiger charge is 2.41. The Labute approximate surface area is 191 Å². The lowest BCUT2D eigenvalue weighted by Gasteiger charge is -2.26. The number of hydrogen-bond donors (Lipinski definition) is 1. The Kier molecular flexibility index (Phi) is 5.45. The lowest BCUT2D eigenvalue weighted by Crippen LogP contribution is -2.29. The van der Waals surface area contributed by atoms with Crippen molar-refractivity contribution in [3.63, 3.8) is 0 Å². The van der Waals surface area contributed by atoms with Gasteiger partial charge in [0.15, 0.2) is 5.11 Å². The first-order valence-corrected chi connectivity index (χ1v) is 10.9. The van der Waals surface area contributed by atoms with Crippen molar-refractivity contribution in [2.75, 3.05) is 0 Å². The highest BCUT2D eigenvalue weighted by atomic mass is 35.5. The molecule has 4 nitrogen and oxygen atoms in total. The highest BCUT2D eigenvalue weighted by Crippen LogP contribution is 2.41. The van der Waals surface area contributed by atoms with Gasteiger partial charge in [-0.25, -0.2) is 0 Å². The third-order valence-electron chi connectivity index (χ3n) is 5.44. The van der Waals surface area contributed by atoms with Crippen LogP contribution in [0.5, 0.6) is 0 Å². The fourth-order valence-electron chi connectivity index (χ4n) is 3.95. The van der Waals surface area contributed by atoms with Gasteiger partial charge < -0.3 is 14.6 Å². The van der Waals surface area contributed by atoms with Gasteiger partial charge >= 0.3 is 0 Å². The van der Waals surface area contributed by atoms with Crippen LogP contribution in [0.15, 0.2) is 95.5 Å². The molecule has 154 valence electrons. The minimum atomic E-state index is -0.122. The monoisotopic (exact) mass is 445 g/mol. The van der Waals surface area contributed by atoms with Crippen molar-refractivity contribution in [3.05, 3.63) is 113 Å². The first-order chi connectivity index (χ1) is 15.2. The lowest BCUT2D eigenvalue weighted by molar-refractivity contribution is 0.269. The first kappa shape index (κ1) is 19.8. The van der Waals surface area contributed by atoms with Crippen LogP contribution in [0.2, 0.25) is 5.02 Å². The Morgan fingerprint density at radius 1 is 0.935 bits per heavy atom. The lowest BCUT2D eigenvalue weighted by atomic mass is 10.0. The quantitative estimate of drug-likeness (QED) is 0.372. The SMILES string of the molecule is S=C1N[C@@H](c2ccccn2)[C@H](c2ccc(-c3ccc(Cl)cc3)o2)N1Cc1ccccc1. The molecule has 0 saturated carbocycles. The molecule has 6 heteroatoms. The second kappa shape index (κ2) is 8.53. The topological polar surface area (TPSA) is 41.3 Å². The minimum Gasteiger partial charge on any atom is -0.459 e. The van der Waals surface area contributed by atoms with E-state index in [0.717, 1.165) is 22.8 Å². The number of pyridine rings is 1. The van der Waals surface area contributed by atoms with Gasteiger partial charge in [0.25, 0.3) is 0 Å². The van der Waals surface area contributed by atoms with Gasteiger partial charge in [-0.2, -0.15) is 0 Å². The second-order valence-electron chi connectivity index (χ2n) is 7.45. The number of nitrogens with one attached hydrogen (secondary N) is 1. The summed E-state index contributed by atoms with van der Waals surface area (Å²) in [6.45, 7) is 0.678. The Balaban J connectivity index is 1.53. The molecule has 1 N–H and O–H groups in total. The van der Waals surface area contributed by atoms with Crippen LogP contribution in [0, 0.1) is 0 Å². The molecular weight excluding hydrogens is 426 g/mol. The van der Waals surface area contributed by atoms with Crippen LogP contribution in [0.1, 0.15) is 29.1 Å². The second-order valence-corrected chi connectivity index (χ2v) is 8.27. The molecule has 2 aromatic carbocycles. The molecule has 0 unspecified atom stereocenters. The number of aromatic nitrogens is 1. The molecule has 0 amide bonds. The van der Waals surface area contributed by atoms with Gasteiger partial charge in [0, 0.05) is 23.3 Å². The molecule has 0 radical (unpaired) electrons. The molecule has 3 heterocycles. The fourth-order valence-corrected chi connectivity index (χ4v) is 4.38. The number of halogens is 1. The summed E-state index contributed by atoms with van der Waals surface area (Å²) in [5, 5.41) is 4.85. The molecule has 0 aliphatic carbocycles. The van der Waals surface area contributed by atoms with Crippen molar-refractivity contribution in [1.29, 1.82) is 0 Å². The maximum atomic E-state index is 6.35. The van der Waals surface area contributed by atoms with E-state index in [9.17, 15) is 0 Å². The van der Waals surface area contributed by atoms with Gasteiger partial charge in [-0.15, -0.1) is 0 Å². The molecule has 1 fully saturated rings. The molecule has 5 rings (SSSR count). The van der Waals surface area contributed by atoms with Crippen LogP contribution in [-0.4, -0.2) is 15.0 Å². The molecule has 31 heavy (non-hydrogen) atoms. The van der Waals surface area contributed by atoms with E-state index >= 15 is 0 Å². The number of furan rings is 1. The van der Waals surface area contributed by atoms with E-state index in [4.69, 9.17) is 28.2 Å². The summed E-state index contributed by atoms with van der Waals surface area (Å²) >= 11 is 11.8. The summed E-state index contributed by atoms with van der Waals surface area (Å²) in [5.74, 6) is 1.63. The number of nitrogens with zero attached hydrogens (tertiary/aromatic N) is 2. The molecule has 1 saturated heterocycles. The summed E-state index contributed by atoms with van der Waals surface area (Å²) in [6.07, 6.45) is 1.80. The average molecular weight is 446 g/mol. The zero-order valence-corrected chi connectivity index (χ0v) is 18.2. The van der Waals surface area contributed by atoms with Crippen molar-refractivity contribution in [3.8, 4) is 11.3 Å². The fraction of sp³-hybridized carbons (Fsp3) is 0.120. The maximum Gasteiger partial charge on any atom is 0.170 e. The molecule has 4 aromatic rings. The number of rotatable bonds is 5. The van der Waals surface area contributed by atoms with Gasteiger partial charge in [-0.3, -0.25) is 4.98 Å². The van der Waals surface area contributed by atoms with E-state index in [1.165, 1.54) is 5.56 Å². The average Bonchev–Trinajstić information content (AvgIpc) is 3.41. The van der Waals surface area contributed by atoms with Gasteiger partial charge in [0.05, 0.1) is 11.7 Å². The molecule has 1 aliphatic heterocycles. The summed E-state index contributed by atoms with van der Waals surface area (Å²) in [4.78, 5) is 6.76. The van der Waals surface area contributed by atoms with Crippen molar-refractivity contribution < 1.29 is 4.42 Å². The zero-order chi connectivity index (χ0) is 21.2. The van der Waals surface area contributed by atoms with E-state index in [0.29, 0.717) is 16.7 Å². The molecular formula is C25H20ClN3OS. The Bertz CT molecular complexity index is 1180. The normalized spacial score (nSPS) is 18.2. The molecule has 0 bridgehead atoms. The van der Waals surface area contributed by atoms with Gasteiger partial charge in [-0.05, 0) is 66.3 Å². The minimum absolute atomic E-state index is 0.110. The molecule has 1 aliphatic rings. The summed E-state index contributed by atoms with van der Waals surface area (Å²) < 4.78 is 6.35. The van der Waals surface area contributed by atoms with Gasteiger partial charge in [0.2, 0.25) is 0 Å². The van der Waals surface area contributed by atoms with Gasteiger partial charge in [0.1, 0.15) is 17.6 Å². The summed E-state index contributed by atoms with van der Waals surface area (Å²) in [5.41, 5.74) is 3.09. The summed E-state index contributed by atoms with van der Waals surface area (Å²) in [6, 6.07) is 27.7. The molecule has 0 spiro atoms. The van der Waals surface area contributed by atoms with E-state index in [2.05, 4.69) is 27.3 Å². The van der Waals surface area contributed by atoms with Gasteiger partial charge in [-0.1, -0.05) is 48.0 Å². The van der Waals surface area contributed by atoms with Crippen molar-refractivity contribution >= 4 is 28.9 Å². The van der Waals surface area contributed by atoms with Crippen LogP contribution < -0.4 is 5.32 Å². The Hall–Kier alpha value is -3.15. The predicted molar refractivity (Wildman–Crippen MR) is 127 cm³/mol. The van der Waals surface area contributed by atoms with Crippen molar-refractivity contribution in [2.24, 2.45) is 0 Å². The van der Waals surface area contributed by atoms with Crippen LogP contribution in [-0.2, 0) is 6.54 Å². The Morgan fingerprint density at radius 3 is 2.45 bits per heavy atom. The highest BCUT2D eigenvalue weighted by molar-refractivity contribution is 7.80. The third-order valence-corrected chi connectivity index (χ3v) is 6.04. The molecule has 2 aromatic heterocycles. The van der Waals surface area contributed by atoms with E-state index in [1.54, 1.807) is 6.20 Å². The van der Waals surface area contributed by atoms with Crippen LogP contribution >= 0.6 is 23.8 Å². The number of hydrogen-bond acceptors (Lipinski definition) is 3. The van der Waals surface area contributed by atoms with E-state index in [1.807, 2.05) is 72.8 Å². The molecule has 2 atom stereocenters. The first-order valence-electron chi connectivity index (χ1n) is 10.1. The zero-order valence-electron chi connectivity index (χ0n) is 16.6. The van der Waals surface area contributed by atoms with E-state index in [-0.39, 0.29) is 12.1 Å².